The Morgan fingerprint density at radius 2 is 2.15 bits per heavy atom. The molecule has 0 aliphatic carbocycles. The van der Waals surface area contributed by atoms with E-state index in [4.69, 9.17) is 5.73 Å². The van der Waals surface area contributed by atoms with Gasteiger partial charge in [0.25, 0.3) is 0 Å². The third kappa shape index (κ3) is 2.53. The molecule has 1 aromatic rings. The van der Waals surface area contributed by atoms with E-state index in [0.29, 0.717) is 12.6 Å². The van der Waals surface area contributed by atoms with Crippen LogP contribution in [-0.4, -0.2) is 24.5 Å². The van der Waals surface area contributed by atoms with E-state index in [2.05, 4.69) is 35.6 Å². The van der Waals surface area contributed by atoms with E-state index in [1.54, 1.807) is 11.3 Å². The van der Waals surface area contributed by atoms with Crippen molar-refractivity contribution in [1.29, 1.82) is 0 Å². The van der Waals surface area contributed by atoms with E-state index in [1.165, 1.54) is 5.56 Å². The number of nitrogens with zero attached hydrogens (tertiary/aromatic N) is 1. The zero-order valence-corrected chi connectivity index (χ0v) is 9.18. The fraction of sp³-hybridized carbons (Fsp3) is 0.600. The highest BCUT2D eigenvalue weighted by molar-refractivity contribution is 7.07. The average molecular weight is 198 g/mol. The van der Waals surface area contributed by atoms with Crippen molar-refractivity contribution in [2.75, 3.05) is 19.6 Å². The summed E-state index contributed by atoms with van der Waals surface area (Å²) >= 11 is 1.74. The van der Waals surface area contributed by atoms with Crippen LogP contribution in [0.5, 0.6) is 0 Å². The Balaban J connectivity index is 2.72. The molecular weight excluding hydrogens is 180 g/mol. The first-order valence-electron chi connectivity index (χ1n) is 4.79. The summed E-state index contributed by atoms with van der Waals surface area (Å²) in [6.07, 6.45) is 0. The molecule has 2 nitrogen and oxygen atoms in total. The number of hydrogen-bond acceptors (Lipinski definition) is 3. The molecule has 1 rings (SSSR count). The molecule has 0 radical (unpaired) electrons. The summed E-state index contributed by atoms with van der Waals surface area (Å²) in [6.45, 7) is 7.19. The van der Waals surface area contributed by atoms with Crippen LogP contribution in [0.25, 0.3) is 0 Å². The first-order chi connectivity index (χ1) is 6.33. The quantitative estimate of drug-likeness (QED) is 0.785. The van der Waals surface area contributed by atoms with E-state index in [9.17, 15) is 0 Å². The number of hydrogen-bond donors (Lipinski definition) is 1. The molecule has 0 saturated carbocycles. The summed E-state index contributed by atoms with van der Waals surface area (Å²) < 4.78 is 0. The van der Waals surface area contributed by atoms with Gasteiger partial charge in [0.05, 0.1) is 0 Å². The lowest BCUT2D eigenvalue weighted by molar-refractivity contribution is 0.224. The van der Waals surface area contributed by atoms with Crippen molar-refractivity contribution in [2.45, 2.75) is 19.9 Å². The van der Waals surface area contributed by atoms with Crippen LogP contribution in [0.4, 0.5) is 0 Å². The van der Waals surface area contributed by atoms with Crippen molar-refractivity contribution in [2.24, 2.45) is 5.73 Å². The molecule has 0 bridgehead atoms. The Morgan fingerprint density at radius 1 is 1.46 bits per heavy atom. The predicted molar refractivity (Wildman–Crippen MR) is 59.0 cm³/mol. The number of nitrogens with two attached hydrogens (primary N) is 1. The fourth-order valence-corrected chi connectivity index (χ4v) is 2.33. The molecule has 1 heterocycles. The van der Waals surface area contributed by atoms with Crippen LogP contribution in [0, 0.1) is 0 Å². The average Bonchev–Trinajstić information content (AvgIpc) is 2.66. The molecular formula is C10H18N2S. The predicted octanol–water partition coefficient (Wildman–Crippen LogP) is 2.09. The van der Waals surface area contributed by atoms with E-state index >= 15 is 0 Å². The van der Waals surface area contributed by atoms with Gasteiger partial charge in [0, 0.05) is 12.6 Å². The van der Waals surface area contributed by atoms with E-state index < -0.39 is 0 Å². The summed E-state index contributed by atoms with van der Waals surface area (Å²) in [5.41, 5.74) is 7.14. The van der Waals surface area contributed by atoms with Crippen LogP contribution in [0.1, 0.15) is 25.5 Å². The van der Waals surface area contributed by atoms with Gasteiger partial charge in [-0.1, -0.05) is 13.8 Å². The van der Waals surface area contributed by atoms with Crippen molar-refractivity contribution < 1.29 is 0 Å². The Morgan fingerprint density at radius 3 is 2.54 bits per heavy atom. The minimum Gasteiger partial charge on any atom is -0.329 e. The third-order valence-corrected chi connectivity index (χ3v) is 3.11. The van der Waals surface area contributed by atoms with Gasteiger partial charge < -0.3 is 5.73 Å². The first kappa shape index (κ1) is 10.7. The first-order valence-corrected chi connectivity index (χ1v) is 5.73. The van der Waals surface area contributed by atoms with Crippen molar-refractivity contribution in [1.82, 2.24) is 4.90 Å². The standard InChI is InChI=1S/C10H18N2S/c1-3-12(4-2)10(7-11)9-5-6-13-8-9/h5-6,8,10H,3-4,7,11H2,1-2H3/t10-/m1/s1. The van der Waals surface area contributed by atoms with Crippen molar-refractivity contribution in [3.8, 4) is 0 Å². The lowest BCUT2D eigenvalue weighted by Gasteiger charge is -2.27. The summed E-state index contributed by atoms with van der Waals surface area (Å²) in [7, 11) is 0. The molecule has 0 spiro atoms. The van der Waals surface area contributed by atoms with E-state index in [0.717, 1.165) is 13.1 Å². The van der Waals surface area contributed by atoms with Crippen LogP contribution in [-0.2, 0) is 0 Å². The van der Waals surface area contributed by atoms with Crippen molar-refractivity contribution in [3.63, 3.8) is 0 Å². The molecule has 0 aliphatic heterocycles. The van der Waals surface area contributed by atoms with Gasteiger partial charge in [0.15, 0.2) is 0 Å². The largest absolute Gasteiger partial charge is 0.329 e. The van der Waals surface area contributed by atoms with E-state index in [1.807, 2.05) is 0 Å². The summed E-state index contributed by atoms with van der Waals surface area (Å²) in [5, 5.41) is 4.30. The zero-order valence-electron chi connectivity index (χ0n) is 8.36. The topological polar surface area (TPSA) is 29.3 Å². The molecule has 0 aromatic carbocycles. The number of likely N-dealkylation sites (N-methyl/N-ethyl adjacent to an activating group) is 1. The van der Waals surface area contributed by atoms with Gasteiger partial charge in [-0.25, -0.2) is 0 Å². The second-order valence-electron chi connectivity index (χ2n) is 3.03. The number of thiophene rings is 1. The Bertz CT molecular complexity index is 217. The summed E-state index contributed by atoms with van der Waals surface area (Å²) in [6, 6.07) is 2.57. The second-order valence-corrected chi connectivity index (χ2v) is 3.81. The molecule has 0 unspecified atom stereocenters. The van der Waals surface area contributed by atoms with Gasteiger partial charge in [0.2, 0.25) is 0 Å². The van der Waals surface area contributed by atoms with Gasteiger partial charge in [0.1, 0.15) is 0 Å². The Labute approximate surface area is 84.4 Å². The highest BCUT2D eigenvalue weighted by atomic mass is 32.1. The van der Waals surface area contributed by atoms with Crippen molar-refractivity contribution in [3.05, 3.63) is 22.4 Å². The normalized spacial score (nSPS) is 13.5. The van der Waals surface area contributed by atoms with Crippen LogP contribution in [0.2, 0.25) is 0 Å². The summed E-state index contributed by atoms with van der Waals surface area (Å²) in [5.74, 6) is 0. The highest BCUT2D eigenvalue weighted by Crippen LogP contribution is 2.21. The maximum atomic E-state index is 5.78. The molecule has 13 heavy (non-hydrogen) atoms. The Kier molecular flexibility index (Phi) is 4.42. The fourth-order valence-electron chi connectivity index (χ4n) is 1.62. The SMILES string of the molecule is CCN(CC)[C@H](CN)c1ccsc1. The molecule has 74 valence electrons. The van der Waals surface area contributed by atoms with E-state index in [-0.39, 0.29) is 0 Å². The van der Waals surface area contributed by atoms with Crippen LogP contribution in [0.15, 0.2) is 16.8 Å². The minimum absolute atomic E-state index is 0.404. The van der Waals surface area contributed by atoms with Crippen LogP contribution >= 0.6 is 11.3 Å². The van der Waals surface area contributed by atoms with Gasteiger partial charge in [-0.2, -0.15) is 11.3 Å². The van der Waals surface area contributed by atoms with Crippen LogP contribution in [0.3, 0.4) is 0 Å². The van der Waals surface area contributed by atoms with Gasteiger partial charge in [-0.05, 0) is 35.5 Å². The number of rotatable bonds is 5. The molecule has 2 N–H and O–H groups in total. The van der Waals surface area contributed by atoms with Gasteiger partial charge >= 0.3 is 0 Å². The maximum absolute atomic E-state index is 5.78. The molecule has 0 fully saturated rings. The molecule has 1 atom stereocenters. The molecule has 0 amide bonds. The zero-order chi connectivity index (χ0) is 9.68. The Hall–Kier alpha value is -0.380. The molecule has 0 saturated heterocycles. The molecule has 0 aliphatic rings. The third-order valence-electron chi connectivity index (χ3n) is 2.40. The molecule has 3 heteroatoms. The smallest absolute Gasteiger partial charge is 0.0478 e. The second kappa shape index (κ2) is 5.37. The lowest BCUT2D eigenvalue weighted by Crippen LogP contribution is -2.33. The van der Waals surface area contributed by atoms with Crippen molar-refractivity contribution >= 4 is 11.3 Å². The monoisotopic (exact) mass is 198 g/mol. The maximum Gasteiger partial charge on any atom is 0.0478 e. The van der Waals surface area contributed by atoms with Gasteiger partial charge in [-0.15, -0.1) is 0 Å². The van der Waals surface area contributed by atoms with Crippen LogP contribution < -0.4 is 5.73 Å². The lowest BCUT2D eigenvalue weighted by atomic mass is 10.1. The highest BCUT2D eigenvalue weighted by Gasteiger charge is 2.15. The molecule has 1 aromatic heterocycles. The van der Waals surface area contributed by atoms with Gasteiger partial charge in [-0.3, -0.25) is 4.90 Å². The minimum atomic E-state index is 0.404. The summed E-state index contributed by atoms with van der Waals surface area (Å²) in [4.78, 5) is 2.39.